The van der Waals surface area contributed by atoms with Gasteiger partial charge in [0.1, 0.15) is 11.2 Å². The van der Waals surface area contributed by atoms with E-state index in [9.17, 15) is 23.9 Å². The maximum Gasteiger partial charge on any atom is 0.356 e. The van der Waals surface area contributed by atoms with E-state index in [2.05, 4.69) is 20.3 Å². The van der Waals surface area contributed by atoms with Gasteiger partial charge in [0.05, 0.1) is 35.9 Å². The van der Waals surface area contributed by atoms with E-state index in [0.717, 1.165) is 5.56 Å². The van der Waals surface area contributed by atoms with Crippen molar-refractivity contribution in [3.63, 3.8) is 0 Å². The largest absolute Gasteiger partial charge is 0.476 e. The lowest BCUT2D eigenvalue weighted by Crippen LogP contribution is -2.23. The Balaban J connectivity index is 1.80. The van der Waals surface area contributed by atoms with Gasteiger partial charge in [-0.15, -0.1) is 0 Å². The molecule has 33 heavy (non-hydrogen) atoms. The zero-order chi connectivity index (χ0) is 23.9. The molecule has 0 amide bonds. The van der Waals surface area contributed by atoms with Crippen LogP contribution in [0.1, 0.15) is 40.3 Å². The number of nitrogens with one attached hydrogen (secondary N) is 1. The lowest BCUT2D eigenvalue weighted by Gasteiger charge is -2.21. The molecule has 3 aromatic rings. The molecule has 170 valence electrons. The summed E-state index contributed by atoms with van der Waals surface area (Å²) in [7, 11) is 0. The molecule has 2 N–H and O–H groups in total. The summed E-state index contributed by atoms with van der Waals surface area (Å²) < 4.78 is 27.6. The quantitative estimate of drug-likeness (QED) is 0.530. The third-order valence-electron chi connectivity index (χ3n) is 5.42. The van der Waals surface area contributed by atoms with Gasteiger partial charge in [0, 0.05) is 5.56 Å². The number of aryl methyl sites for hydroxylation is 1. The minimum atomic E-state index is -1.67. The zero-order valence-electron chi connectivity index (χ0n) is 17.7. The number of carboxylic acid groups (broad SMARTS) is 1. The molecular weight excluding hydrogens is 454 g/mol. The van der Waals surface area contributed by atoms with Gasteiger partial charge >= 0.3 is 5.97 Å². The Morgan fingerprint density at radius 3 is 2.61 bits per heavy atom. The average molecular weight is 473 g/mol. The van der Waals surface area contributed by atoms with Crippen molar-refractivity contribution in [1.82, 2.24) is 15.0 Å². The summed E-state index contributed by atoms with van der Waals surface area (Å²) in [6.45, 7) is 3.22. The van der Waals surface area contributed by atoms with E-state index in [0.29, 0.717) is 16.6 Å². The first-order valence-corrected chi connectivity index (χ1v) is 10.5. The molecule has 8 nitrogen and oxygen atoms in total. The topological polar surface area (TPSA) is 115 Å². The smallest absolute Gasteiger partial charge is 0.356 e. The summed E-state index contributed by atoms with van der Waals surface area (Å²) in [5, 5.41) is 22.2. The van der Waals surface area contributed by atoms with Gasteiger partial charge in [-0.05, 0) is 37.6 Å². The van der Waals surface area contributed by atoms with Crippen LogP contribution in [0.25, 0.3) is 11.0 Å². The molecule has 3 heterocycles. The molecule has 0 saturated carbocycles. The predicted molar refractivity (Wildman–Crippen MR) is 119 cm³/mol. The highest BCUT2D eigenvalue weighted by molar-refractivity contribution is 6.29. The number of hydrogen-bond acceptors (Lipinski definition) is 7. The van der Waals surface area contributed by atoms with Crippen molar-refractivity contribution >= 4 is 40.1 Å². The number of benzene rings is 1. The monoisotopic (exact) mass is 472 g/mol. The van der Waals surface area contributed by atoms with Crippen LogP contribution in [0.2, 0.25) is 5.15 Å². The van der Waals surface area contributed by atoms with Crippen molar-refractivity contribution in [2.24, 2.45) is 0 Å². The molecule has 1 saturated heterocycles. The summed E-state index contributed by atoms with van der Waals surface area (Å²) in [5.74, 6) is -1.12. The maximum absolute atomic E-state index is 13.8. The van der Waals surface area contributed by atoms with Gasteiger partial charge in [-0.3, -0.25) is 0 Å². The minimum absolute atomic E-state index is 0.0176. The van der Waals surface area contributed by atoms with Crippen molar-refractivity contribution in [2.45, 2.75) is 32.2 Å². The number of aromatic nitrogens is 3. The van der Waals surface area contributed by atoms with Crippen LogP contribution in [0, 0.1) is 18.3 Å². The SMILES string of the molecule is Cc1cc([C@@H](C)Nc2ccc(Cl)nc2C(=O)O)c2nc(N3C[C@H](F)[C@@H](F)C3)c(C#N)nc2c1. The van der Waals surface area contributed by atoms with Gasteiger partial charge in [-0.25, -0.2) is 28.5 Å². The second kappa shape index (κ2) is 8.75. The van der Waals surface area contributed by atoms with E-state index in [-0.39, 0.29) is 41.1 Å². The molecule has 0 spiro atoms. The Labute approximate surface area is 192 Å². The van der Waals surface area contributed by atoms with E-state index < -0.39 is 24.4 Å². The highest BCUT2D eigenvalue weighted by Gasteiger charge is 2.35. The van der Waals surface area contributed by atoms with Gasteiger partial charge in [0.15, 0.2) is 29.5 Å². The van der Waals surface area contributed by atoms with Crippen LogP contribution in [0.15, 0.2) is 24.3 Å². The summed E-state index contributed by atoms with van der Waals surface area (Å²) in [5.41, 5.74) is 2.41. The molecule has 0 unspecified atom stereocenters. The number of carbonyl (C=O) groups is 1. The summed E-state index contributed by atoms with van der Waals surface area (Å²) in [4.78, 5) is 25.8. The molecule has 3 atom stereocenters. The highest BCUT2D eigenvalue weighted by Crippen LogP contribution is 2.32. The fraction of sp³-hybridized carbons (Fsp3) is 0.318. The molecule has 4 rings (SSSR count). The molecule has 0 radical (unpaired) electrons. The fourth-order valence-corrected chi connectivity index (χ4v) is 4.02. The zero-order valence-corrected chi connectivity index (χ0v) is 18.4. The Morgan fingerprint density at radius 1 is 1.27 bits per heavy atom. The second-order valence-corrected chi connectivity index (χ2v) is 8.26. The molecule has 11 heteroatoms. The lowest BCUT2D eigenvalue weighted by molar-refractivity contribution is 0.0691. The average Bonchev–Trinajstić information content (AvgIpc) is 3.11. The number of aromatic carboxylic acids is 1. The van der Waals surface area contributed by atoms with Gasteiger partial charge in [0.2, 0.25) is 0 Å². The third kappa shape index (κ3) is 4.36. The Hall–Kier alpha value is -3.58. The lowest BCUT2D eigenvalue weighted by atomic mass is 10.0. The second-order valence-electron chi connectivity index (χ2n) is 7.87. The predicted octanol–water partition coefficient (Wildman–Crippen LogP) is 4.23. The third-order valence-corrected chi connectivity index (χ3v) is 5.63. The number of hydrogen-bond donors (Lipinski definition) is 2. The summed E-state index contributed by atoms with van der Waals surface area (Å²) in [6, 6.07) is 8.12. The van der Waals surface area contributed by atoms with Crippen LogP contribution in [-0.4, -0.2) is 51.5 Å². The minimum Gasteiger partial charge on any atom is -0.476 e. The normalized spacial score (nSPS) is 18.8. The molecular formula is C22H19ClF2N6O2. The van der Waals surface area contributed by atoms with E-state index in [4.69, 9.17) is 11.6 Å². The van der Waals surface area contributed by atoms with E-state index in [1.165, 1.54) is 17.0 Å². The van der Waals surface area contributed by atoms with Gasteiger partial charge in [-0.2, -0.15) is 5.26 Å². The molecule has 1 aliphatic heterocycles. The number of carboxylic acids is 1. The standard InChI is InChI=1S/C22H19ClF2N6O2/c1-10-5-12(11(2)27-15-3-4-18(23)29-20(15)22(32)33)19-16(6-10)28-17(7-26)21(30-19)31-8-13(24)14(25)9-31/h3-6,11,13-14,27H,8-9H2,1-2H3,(H,32,33)/t11-,13+,14+/m1/s1. The number of rotatable bonds is 5. The van der Waals surface area contributed by atoms with Crippen LogP contribution >= 0.6 is 11.6 Å². The first-order valence-electron chi connectivity index (χ1n) is 10.1. The fourth-order valence-electron chi connectivity index (χ4n) is 3.87. The number of pyridine rings is 1. The molecule has 1 aliphatic rings. The molecule has 2 aromatic heterocycles. The summed E-state index contributed by atoms with van der Waals surface area (Å²) >= 11 is 5.84. The number of anilines is 2. The van der Waals surface area contributed by atoms with Crippen molar-refractivity contribution in [2.75, 3.05) is 23.3 Å². The van der Waals surface area contributed by atoms with Crippen LogP contribution in [0.4, 0.5) is 20.3 Å². The van der Waals surface area contributed by atoms with Crippen LogP contribution in [0.3, 0.4) is 0 Å². The van der Waals surface area contributed by atoms with Crippen molar-refractivity contribution in [1.29, 1.82) is 5.26 Å². The molecule has 0 bridgehead atoms. The van der Waals surface area contributed by atoms with Gasteiger partial charge in [0.25, 0.3) is 0 Å². The van der Waals surface area contributed by atoms with E-state index in [1.807, 2.05) is 19.1 Å². The molecule has 1 fully saturated rings. The number of nitriles is 1. The first kappa shape index (κ1) is 22.6. The summed E-state index contributed by atoms with van der Waals surface area (Å²) in [6.07, 6.45) is -3.34. The van der Waals surface area contributed by atoms with Crippen LogP contribution in [-0.2, 0) is 0 Å². The molecule has 1 aromatic carbocycles. The maximum atomic E-state index is 13.8. The molecule has 0 aliphatic carbocycles. The van der Waals surface area contributed by atoms with E-state index >= 15 is 0 Å². The van der Waals surface area contributed by atoms with Crippen molar-refractivity contribution in [3.8, 4) is 6.07 Å². The Morgan fingerprint density at radius 2 is 1.97 bits per heavy atom. The van der Waals surface area contributed by atoms with Gasteiger partial charge in [-0.1, -0.05) is 17.7 Å². The van der Waals surface area contributed by atoms with Crippen molar-refractivity contribution < 1.29 is 18.7 Å². The number of alkyl halides is 2. The number of nitrogens with zero attached hydrogens (tertiary/aromatic N) is 5. The van der Waals surface area contributed by atoms with E-state index in [1.54, 1.807) is 13.0 Å². The Kier molecular flexibility index (Phi) is 5.99. The number of fused-ring (bicyclic) bond motifs is 1. The van der Waals surface area contributed by atoms with Crippen molar-refractivity contribution in [3.05, 3.63) is 51.9 Å². The highest BCUT2D eigenvalue weighted by atomic mass is 35.5. The Bertz CT molecular complexity index is 1290. The van der Waals surface area contributed by atoms with Gasteiger partial charge < -0.3 is 15.3 Å². The van der Waals surface area contributed by atoms with Crippen LogP contribution in [0.5, 0.6) is 0 Å². The van der Waals surface area contributed by atoms with Crippen LogP contribution < -0.4 is 10.2 Å². The first-order chi connectivity index (χ1) is 15.7. The number of halogens is 3.